The Labute approximate surface area is 78.2 Å². The Balaban J connectivity index is 3.87. The van der Waals surface area contributed by atoms with Gasteiger partial charge in [0.05, 0.1) is 25.0 Å². The molecule has 0 heterocycles. The average Bonchev–Trinajstić information content (AvgIpc) is 2.10. The molecule has 0 unspecified atom stereocenters. The summed E-state index contributed by atoms with van der Waals surface area (Å²) in [6, 6.07) is 0. The highest BCUT2D eigenvalue weighted by atomic mass is 16.5. The summed E-state index contributed by atoms with van der Waals surface area (Å²) < 4.78 is 9.92. The van der Waals surface area contributed by atoms with Crippen LogP contribution in [0.25, 0.3) is 0 Å². The van der Waals surface area contributed by atoms with Gasteiger partial charge in [-0.3, -0.25) is 0 Å². The Morgan fingerprint density at radius 2 is 2.08 bits per heavy atom. The topological polar surface area (TPSA) is 55.8 Å². The first-order chi connectivity index (χ1) is 6.22. The van der Waals surface area contributed by atoms with Crippen LogP contribution in [0.2, 0.25) is 0 Å². The second kappa shape index (κ2) is 7.61. The molecule has 0 amide bonds. The van der Waals surface area contributed by atoms with E-state index < -0.39 is 5.97 Å². The molecule has 0 fully saturated rings. The number of hydrogen-bond acceptors (Lipinski definition) is 3. The molecule has 0 aliphatic rings. The molecule has 76 valence electrons. The van der Waals surface area contributed by atoms with Crippen LogP contribution in [0.3, 0.4) is 0 Å². The molecule has 0 aliphatic heterocycles. The molecule has 0 saturated heterocycles. The third kappa shape index (κ3) is 6.16. The zero-order valence-corrected chi connectivity index (χ0v) is 8.08. The minimum atomic E-state index is -0.951. The summed E-state index contributed by atoms with van der Waals surface area (Å²) in [6.07, 6.45) is 1.66. The van der Waals surface area contributed by atoms with Crippen LogP contribution in [0.5, 0.6) is 0 Å². The summed E-state index contributed by atoms with van der Waals surface area (Å²) in [6.45, 7) is 5.17. The number of hydrogen-bond donors (Lipinski definition) is 1. The van der Waals surface area contributed by atoms with Crippen LogP contribution in [-0.2, 0) is 14.3 Å². The number of carbonyl (C=O) groups is 1. The number of aliphatic carboxylic acids is 1. The van der Waals surface area contributed by atoms with E-state index in [-0.39, 0.29) is 5.57 Å². The van der Waals surface area contributed by atoms with E-state index in [4.69, 9.17) is 14.6 Å². The lowest BCUT2D eigenvalue weighted by atomic mass is 10.2. The summed E-state index contributed by atoms with van der Waals surface area (Å²) in [5, 5.41) is 8.70. The van der Waals surface area contributed by atoms with Gasteiger partial charge < -0.3 is 14.6 Å². The molecule has 0 aromatic rings. The number of ether oxygens (including phenoxy) is 2. The standard InChI is InChI=1S/C9H16O4/c1-3-12-6-5-8(9(10)11)7-13-4-2/h7H,3-6H2,1-2H3,(H,10,11). The van der Waals surface area contributed by atoms with Crippen LogP contribution in [-0.4, -0.2) is 30.9 Å². The fraction of sp³-hybridized carbons (Fsp3) is 0.667. The third-order valence-corrected chi connectivity index (χ3v) is 1.39. The first-order valence-electron chi connectivity index (χ1n) is 4.34. The summed E-state index contributed by atoms with van der Waals surface area (Å²) in [4.78, 5) is 10.6. The van der Waals surface area contributed by atoms with E-state index in [1.165, 1.54) is 6.26 Å². The molecule has 0 aromatic heterocycles. The SMILES string of the molecule is CCOC=C(CCOCC)C(=O)O. The zero-order chi connectivity index (χ0) is 10.1. The van der Waals surface area contributed by atoms with Crippen LogP contribution < -0.4 is 0 Å². The Bertz CT molecular complexity index is 174. The molecular formula is C9H16O4. The van der Waals surface area contributed by atoms with Crippen molar-refractivity contribution in [3.8, 4) is 0 Å². The molecule has 13 heavy (non-hydrogen) atoms. The van der Waals surface area contributed by atoms with Crippen molar-refractivity contribution in [2.45, 2.75) is 20.3 Å². The van der Waals surface area contributed by atoms with Crippen molar-refractivity contribution in [1.29, 1.82) is 0 Å². The highest BCUT2D eigenvalue weighted by Gasteiger charge is 2.06. The largest absolute Gasteiger partial charge is 0.501 e. The van der Waals surface area contributed by atoms with E-state index in [0.29, 0.717) is 26.2 Å². The van der Waals surface area contributed by atoms with Crippen molar-refractivity contribution in [1.82, 2.24) is 0 Å². The number of carboxylic acids is 1. The van der Waals surface area contributed by atoms with Gasteiger partial charge in [0.25, 0.3) is 0 Å². The predicted molar refractivity (Wildman–Crippen MR) is 48.5 cm³/mol. The molecule has 0 atom stereocenters. The van der Waals surface area contributed by atoms with Crippen molar-refractivity contribution in [3.05, 3.63) is 11.8 Å². The van der Waals surface area contributed by atoms with Gasteiger partial charge >= 0.3 is 5.97 Å². The van der Waals surface area contributed by atoms with E-state index in [1.54, 1.807) is 6.92 Å². The fourth-order valence-electron chi connectivity index (χ4n) is 0.727. The molecule has 0 bridgehead atoms. The van der Waals surface area contributed by atoms with Gasteiger partial charge in [0, 0.05) is 13.0 Å². The first kappa shape index (κ1) is 12.0. The summed E-state index contributed by atoms with van der Waals surface area (Å²) in [7, 11) is 0. The molecule has 0 radical (unpaired) electrons. The molecule has 0 aliphatic carbocycles. The summed E-state index contributed by atoms with van der Waals surface area (Å²) in [5.41, 5.74) is 0.246. The number of rotatable bonds is 7. The van der Waals surface area contributed by atoms with Crippen LogP contribution in [0.1, 0.15) is 20.3 Å². The lowest BCUT2D eigenvalue weighted by Crippen LogP contribution is -2.05. The molecule has 0 spiro atoms. The first-order valence-corrected chi connectivity index (χ1v) is 4.34. The van der Waals surface area contributed by atoms with Crippen molar-refractivity contribution < 1.29 is 19.4 Å². The minimum absolute atomic E-state index is 0.246. The van der Waals surface area contributed by atoms with Gasteiger partial charge in [0.2, 0.25) is 0 Å². The molecule has 4 heteroatoms. The molecule has 0 saturated carbocycles. The lowest BCUT2D eigenvalue weighted by Gasteiger charge is -2.02. The molecule has 0 aromatic carbocycles. The number of carboxylic acid groups (broad SMARTS) is 1. The molecule has 0 rings (SSSR count). The smallest absolute Gasteiger partial charge is 0.334 e. The van der Waals surface area contributed by atoms with Crippen LogP contribution in [0.15, 0.2) is 11.8 Å². The maximum Gasteiger partial charge on any atom is 0.334 e. The summed E-state index contributed by atoms with van der Waals surface area (Å²) in [5.74, 6) is -0.951. The van der Waals surface area contributed by atoms with Gasteiger partial charge in [-0.1, -0.05) is 0 Å². The molecule has 4 nitrogen and oxygen atoms in total. The van der Waals surface area contributed by atoms with Gasteiger partial charge in [-0.15, -0.1) is 0 Å². The summed E-state index contributed by atoms with van der Waals surface area (Å²) >= 11 is 0. The second-order valence-corrected chi connectivity index (χ2v) is 2.35. The zero-order valence-electron chi connectivity index (χ0n) is 8.08. The van der Waals surface area contributed by atoms with Gasteiger partial charge in [-0.2, -0.15) is 0 Å². The van der Waals surface area contributed by atoms with Gasteiger partial charge in [0.1, 0.15) is 0 Å². The van der Waals surface area contributed by atoms with Crippen LogP contribution in [0.4, 0.5) is 0 Å². The van der Waals surface area contributed by atoms with Gasteiger partial charge in [0.15, 0.2) is 0 Å². The fourth-order valence-corrected chi connectivity index (χ4v) is 0.727. The Morgan fingerprint density at radius 3 is 2.54 bits per heavy atom. The van der Waals surface area contributed by atoms with Crippen molar-refractivity contribution in [2.24, 2.45) is 0 Å². The van der Waals surface area contributed by atoms with E-state index >= 15 is 0 Å². The van der Waals surface area contributed by atoms with E-state index in [9.17, 15) is 4.79 Å². The maximum atomic E-state index is 10.6. The minimum Gasteiger partial charge on any atom is -0.501 e. The van der Waals surface area contributed by atoms with E-state index in [0.717, 1.165) is 0 Å². The Morgan fingerprint density at radius 1 is 1.38 bits per heavy atom. The normalized spacial score (nSPS) is 11.4. The second-order valence-electron chi connectivity index (χ2n) is 2.35. The maximum absolute atomic E-state index is 10.6. The Hall–Kier alpha value is -1.03. The molecular weight excluding hydrogens is 172 g/mol. The van der Waals surface area contributed by atoms with E-state index in [1.807, 2.05) is 6.92 Å². The van der Waals surface area contributed by atoms with Crippen LogP contribution >= 0.6 is 0 Å². The van der Waals surface area contributed by atoms with Crippen LogP contribution in [0, 0.1) is 0 Å². The molecule has 1 N–H and O–H groups in total. The highest BCUT2D eigenvalue weighted by Crippen LogP contribution is 2.02. The van der Waals surface area contributed by atoms with Crippen molar-refractivity contribution in [2.75, 3.05) is 19.8 Å². The van der Waals surface area contributed by atoms with E-state index in [2.05, 4.69) is 0 Å². The monoisotopic (exact) mass is 188 g/mol. The predicted octanol–water partition coefficient (Wildman–Crippen LogP) is 1.42. The van der Waals surface area contributed by atoms with Gasteiger partial charge in [-0.05, 0) is 13.8 Å². The van der Waals surface area contributed by atoms with Crippen molar-refractivity contribution in [3.63, 3.8) is 0 Å². The van der Waals surface area contributed by atoms with Crippen molar-refractivity contribution >= 4 is 5.97 Å². The highest BCUT2D eigenvalue weighted by molar-refractivity contribution is 5.86. The lowest BCUT2D eigenvalue weighted by molar-refractivity contribution is -0.133. The third-order valence-electron chi connectivity index (χ3n) is 1.39. The Kier molecular flexibility index (Phi) is 7.01. The van der Waals surface area contributed by atoms with Gasteiger partial charge in [-0.25, -0.2) is 4.79 Å². The quantitative estimate of drug-likeness (QED) is 0.373. The average molecular weight is 188 g/mol.